The van der Waals surface area contributed by atoms with Gasteiger partial charge in [0.15, 0.2) is 0 Å². The Kier molecular flexibility index (Phi) is 4.61. The molecule has 1 N–H and O–H groups in total. The number of aliphatic imine (C=N–C) groups is 1. The van der Waals surface area contributed by atoms with Crippen molar-refractivity contribution in [3.63, 3.8) is 0 Å². The van der Waals surface area contributed by atoms with Crippen LogP contribution in [0, 0.1) is 0 Å². The highest BCUT2D eigenvalue weighted by atomic mass is 16.5. The third-order valence-corrected chi connectivity index (χ3v) is 3.74. The Labute approximate surface area is 145 Å². The molecule has 0 saturated carbocycles. The molecule has 126 valence electrons. The molecule has 0 aliphatic carbocycles. The van der Waals surface area contributed by atoms with Gasteiger partial charge in [0.1, 0.15) is 23.0 Å². The normalized spacial score (nSPS) is 15.9. The van der Waals surface area contributed by atoms with Crippen molar-refractivity contribution in [2.24, 2.45) is 4.99 Å². The summed E-state index contributed by atoms with van der Waals surface area (Å²) in [6.45, 7) is 0. The van der Waals surface area contributed by atoms with Crippen LogP contribution in [0.4, 0.5) is 0 Å². The molecule has 0 fully saturated rings. The number of carbonyl (C=O) groups excluding carboxylic acids is 1. The largest absolute Gasteiger partial charge is 0.508 e. The van der Waals surface area contributed by atoms with Crippen LogP contribution in [0.3, 0.4) is 0 Å². The van der Waals surface area contributed by atoms with E-state index in [1.807, 2.05) is 18.2 Å². The van der Waals surface area contributed by atoms with Crippen LogP contribution in [0.15, 0.2) is 59.5 Å². The number of phenols is 1. The summed E-state index contributed by atoms with van der Waals surface area (Å²) in [7, 11) is 3.18. The van der Waals surface area contributed by atoms with Crippen molar-refractivity contribution in [2.45, 2.75) is 0 Å². The fraction of sp³-hybridized carbons (Fsp3) is 0.105. The smallest absolute Gasteiger partial charge is 0.277 e. The lowest BCUT2D eigenvalue weighted by molar-refractivity contribution is -0.121. The predicted octanol–water partition coefficient (Wildman–Crippen LogP) is 2.72. The SMILES string of the molecule is COc1cc(O)ccc1/C=C1N=C(/C=C/c2ccncc2)N(C)C\1=O. The molecule has 1 aliphatic heterocycles. The van der Waals surface area contributed by atoms with E-state index in [-0.39, 0.29) is 11.7 Å². The maximum Gasteiger partial charge on any atom is 0.277 e. The summed E-state index contributed by atoms with van der Waals surface area (Å²) in [4.78, 5) is 22.2. The summed E-state index contributed by atoms with van der Waals surface area (Å²) in [5.74, 6) is 0.910. The lowest BCUT2D eigenvalue weighted by atomic mass is 10.1. The molecule has 1 aromatic heterocycles. The standard InChI is InChI=1S/C19H17N3O3/c1-22-18(6-3-13-7-9-20-10-8-13)21-16(19(22)24)11-14-4-5-15(23)12-17(14)25-2/h3-12,23H,1-2H3/b6-3+,16-11-. The zero-order chi connectivity index (χ0) is 17.8. The van der Waals surface area contributed by atoms with E-state index in [0.29, 0.717) is 22.8 Å². The van der Waals surface area contributed by atoms with E-state index in [1.54, 1.807) is 37.7 Å². The molecule has 0 radical (unpaired) electrons. The van der Waals surface area contributed by atoms with Gasteiger partial charge in [0.2, 0.25) is 0 Å². The summed E-state index contributed by atoms with van der Waals surface area (Å²) in [6, 6.07) is 8.43. The number of likely N-dealkylation sites (N-methyl/N-ethyl adjacent to an activating group) is 1. The number of amidine groups is 1. The van der Waals surface area contributed by atoms with Crippen molar-refractivity contribution in [3.05, 3.63) is 65.6 Å². The van der Waals surface area contributed by atoms with E-state index in [1.165, 1.54) is 24.1 Å². The highest BCUT2D eigenvalue weighted by Crippen LogP contribution is 2.27. The van der Waals surface area contributed by atoms with Crippen LogP contribution >= 0.6 is 0 Å². The fourth-order valence-corrected chi connectivity index (χ4v) is 2.38. The summed E-state index contributed by atoms with van der Waals surface area (Å²) >= 11 is 0. The number of aromatic hydroxyl groups is 1. The fourth-order valence-electron chi connectivity index (χ4n) is 2.38. The van der Waals surface area contributed by atoms with Crippen LogP contribution < -0.4 is 4.74 Å². The number of hydrogen-bond acceptors (Lipinski definition) is 5. The predicted molar refractivity (Wildman–Crippen MR) is 96.1 cm³/mol. The molecular weight excluding hydrogens is 318 g/mol. The quantitative estimate of drug-likeness (QED) is 0.872. The average molecular weight is 335 g/mol. The van der Waals surface area contributed by atoms with Crippen molar-refractivity contribution >= 4 is 23.9 Å². The monoisotopic (exact) mass is 335 g/mol. The number of amides is 1. The maximum atomic E-state index is 12.4. The molecule has 25 heavy (non-hydrogen) atoms. The van der Waals surface area contributed by atoms with Crippen molar-refractivity contribution in [1.29, 1.82) is 0 Å². The number of ether oxygens (including phenoxy) is 1. The number of pyridine rings is 1. The first-order chi connectivity index (χ1) is 12.1. The summed E-state index contributed by atoms with van der Waals surface area (Å²) in [5, 5.41) is 9.53. The Bertz CT molecular complexity index is 886. The molecule has 0 unspecified atom stereocenters. The summed E-state index contributed by atoms with van der Waals surface area (Å²) in [5.41, 5.74) is 1.94. The van der Waals surface area contributed by atoms with Gasteiger partial charge in [-0.1, -0.05) is 6.08 Å². The number of phenolic OH excluding ortho intramolecular Hbond substituents is 1. The molecule has 0 bridgehead atoms. The van der Waals surface area contributed by atoms with Crippen molar-refractivity contribution in [1.82, 2.24) is 9.88 Å². The minimum absolute atomic E-state index is 0.0957. The summed E-state index contributed by atoms with van der Waals surface area (Å²) < 4.78 is 5.23. The molecular formula is C19H17N3O3. The Morgan fingerprint density at radius 3 is 2.64 bits per heavy atom. The topological polar surface area (TPSA) is 75.0 Å². The van der Waals surface area contributed by atoms with Crippen LogP contribution in [-0.4, -0.2) is 40.9 Å². The first kappa shape index (κ1) is 16.4. The minimum Gasteiger partial charge on any atom is -0.508 e. The zero-order valence-electron chi connectivity index (χ0n) is 13.9. The van der Waals surface area contributed by atoms with E-state index in [0.717, 1.165) is 5.56 Å². The molecule has 1 aliphatic rings. The number of hydrogen-bond donors (Lipinski definition) is 1. The van der Waals surface area contributed by atoms with E-state index < -0.39 is 0 Å². The molecule has 1 aromatic carbocycles. The molecule has 0 atom stereocenters. The van der Waals surface area contributed by atoms with Gasteiger partial charge in [-0.05, 0) is 42.0 Å². The lowest BCUT2D eigenvalue weighted by Gasteiger charge is -2.08. The Morgan fingerprint density at radius 2 is 1.92 bits per heavy atom. The number of methoxy groups -OCH3 is 1. The average Bonchev–Trinajstić information content (AvgIpc) is 2.90. The number of rotatable bonds is 4. The highest BCUT2D eigenvalue weighted by molar-refractivity contribution is 6.18. The van der Waals surface area contributed by atoms with Crippen LogP contribution in [-0.2, 0) is 4.79 Å². The Hall–Kier alpha value is -3.41. The molecule has 2 aromatic rings. The third-order valence-electron chi connectivity index (χ3n) is 3.74. The molecule has 6 heteroatoms. The van der Waals surface area contributed by atoms with Crippen LogP contribution in [0.1, 0.15) is 11.1 Å². The van der Waals surface area contributed by atoms with Gasteiger partial charge >= 0.3 is 0 Å². The lowest BCUT2D eigenvalue weighted by Crippen LogP contribution is -2.26. The Morgan fingerprint density at radius 1 is 1.16 bits per heavy atom. The molecule has 1 amide bonds. The van der Waals surface area contributed by atoms with E-state index in [4.69, 9.17) is 4.74 Å². The van der Waals surface area contributed by atoms with Gasteiger partial charge in [-0.25, -0.2) is 4.99 Å². The molecule has 2 heterocycles. The molecule has 0 saturated heterocycles. The number of aromatic nitrogens is 1. The van der Waals surface area contributed by atoms with Gasteiger partial charge in [0, 0.05) is 31.1 Å². The number of carbonyl (C=O) groups is 1. The molecule has 6 nitrogen and oxygen atoms in total. The van der Waals surface area contributed by atoms with Crippen molar-refractivity contribution < 1.29 is 14.6 Å². The van der Waals surface area contributed by atoms with Gasteiger partial charge in [-0.3, -0.25) is 14.7 Å². The van der Waals surface area contributed by atoms with Crippen molar-refractivity contribution in [2.75, 3.05) is 14.2 Å². The second-order valence-corrected chi connectivity index (χ2v) is 5.40. The number of benzene rings is 1. The van der Waals surface area contributed by atoms with E-state index in [2.05, 4.69) is 9.98 Å². The van der Waals surface area contributed by atoms with Gasteiger partial charge in [-0.2, -0.15) is 0 Å². The van der Waals surface area contributed by atoms with Crippen LogP contribution in [0.5, 0.6) is 11.5 Å². The van der Waals surface area contributed by atoms with E-state index in [9.17, 15) is 9.90 Å². The maximum absolute atomic E-state index is 12.4. The molecule has 3 rings (SSSR count). The first-order valence-electron chi connectivity index (χ1n) is 7.62. The van der Waals surface area contributed by atoms with Crippen LogP contribution in [0.2, 0.25) is 0 Å². The highest BCUT2D eigenvalue weighted by Gasteiger charge is 2.25. The minimum atomic E-state index is -0.204. The van der Waals surface area contributed by atoms with E-state index >= 15 is 0 Å². The van der Waals surface area contributed by atoms with Gasteiger partial charge in [0.05, 0.1) is 7.11 Å². The van der Waals surface area contributed by atoms with Gasteiger partial charge in [-0.15, -0.1) is 0 Å². The second-order valence-electron chi connectivity index (χ2n) is 5.40. The van der Waals surface area contributed by atoms with Gasteiger partial charge in [0.25, 0.3) is 5.91 Å². The third kappa shape index (κ3) is 3.58. The Balaban J connectivity index is 1.91. The van der Waals surface area contributed by atoms with Crippen molar-refractivity contribution in [3.8, 4) is 11.5 Å². The van der Waals surface area contributed by atoms with Crippen LogP contribution in [0.25, 0.3) is 12.2 Å². The number of nitrogens with zero attached hydrogens (tertiary/aromatic N) is 3. The van der Waals surface area contributed by atoms with Gasteiger partial charge < -0.3 is 9.84 Å². The second kappa shape index (κ2) is 7.00. The summed E-state index contributed by atoms with van der Waals surface area (Å²) in [6.07, 6.45) is 8.70. The first-order valence-corrected chi connectivity index (χ1v) is 7.62. The zero-order valence-corrected chi connectivity index (χ0v) is 13.9. The molecule has 0 spiro atoms.